The van der Waals surface area contributed by atoms with Crippen molar-refractivity contribution in [1.82, 2.24) is 4.90 Å². The molecule has 3 heterocycles. The lowest BCUT2D eigenvalue weighted by atomic mass is 9.95. The van der Waals surface area contributed by atoms with Crippen molar-refractivity contribution in [2.24, 2.45) is 5.92 Å². The van der Waals surface area contributed by atoms with Gasteiger partial charge in [0, 0.05) is 10.8 Å². The number of Topliss-reactive ketones (excluding diaryl/α,β-unsaturated/α-hetero) is 1. The summed E-state index contributed by atoms with van der Waals surface area (Å²) in [5.74, 6) is -0.898. The van der Waals surface area contributed by atoms with Crippen molar-refractivity contribution in [2.75, 3.05) is 0 Å². The molecule has 0 saturated carbocycles. The van der Waals surface area contributed by atoms with Crippen molar-refractivity contribution in [1.29, 1.82) is 0 Å². The zero-order chi connectivity index (χ0) is 16.6. The summed E-state index contributed by atoms with van der Waals surface area (Å²) in [7, 11) is 0. The Hall–Kier alpha value is -2.34. The highest BCUT2D eigenvalue weighted by atomic mass is 32.1. The third kappa shape index (κ3) is 2.70. The van der Waals surface area contributed by atoms with E-state index < -0.39 is 17.7 Å². The van der Waals surface area contributed by atoms with Crippen LogP contribution in [0.25, 0.3) is 0 Å². The fourth-order valence-corrected chi connectivity index (χ4v) is 3.54. The van der Waals surface area contributed by atoms with Crippen LogP contribution >= 0.6 is 11.3 Å². The highest BCUT2D eigenvalue weighted by Crippen LogP contribution is 2.41. The van der Waals surface area contributed by atoms with E-state index in [0.29, 0.717) is 5.76 Å². The molecule has 5 nitrogen and oxygen atoms in total. The first kappa shape index (κ1) is 15.6. The van der Waals surface area contributed by atoms with E-state index in [1.54, 1.807) is 26.0 Å². The van der Waals surface area contributed by atoms with Gasteiger partial charge >= 0.3 is 0 Å². The van der Waals surface area contributed by atoms with Crippen molar-refractivity contribution in [3.05, 3.63) is 57.9 Å². The second-order valence-electron chi connectivity index (χ2n) is 5.71. The van der Waals surface area contributed by atoms with E-state index in [1.165, 1.54) is 22.5 Å². The molecule has 1 amide bonds. The van der Waals surface area contributed by atoms with Gasteiger partial charge < -0.3 is 14.4 Å². The summed E-state index contributed by atoms with van der Waals surface area (Å²) in [6, 6.07) is 6.66. The average Bonchev–Trinajstić information content (AvgIpc) is 3.24. The second kappa shape index (κ2) is 6.04. The van der Waals surface area contributed by atoms with E-state index in [4.69, 9.17) is 4.42 Å². The maximum atomic E-state index is 12.5. The molecular formula is C17H17NO4S. The molecule has 3 rings (SSSR count). The lowest BCUT2D eigenvalue weighted by Gasteiger charge is -2.25. The Morgan fingerprint density at radius 1 is 1.39 bits per heavy atom. The lowest BCUT2D eigenvalue weighted by molar-refractivity contribution is -0.130. The number of furan rings is 1. The van der Waals surface area contributed by atoms with Gasteiger partial charge in [-0.05, 0) is 23.6 Å². The predicted octanol–water partition coefficient (Wildman–Crippen LogP) is 3.46. The normalized spacial score (nSPS) is 18.3. The molecule has 1 aliphatic rings. The van der Waals surface area contributed by atoms with E-state index in [2.05, 4.69) is 0 Å². The Morgan fingerprint density at radius 3 is 2.74 bits per heavy atom. The Kier molecular flexibility index (Phi) is 4.09. The number of carbonyl (C=O) groups is 2. The summed E-state index contributed by atoms with van der Waals surface area (Å²) in [5, 5.41) is 12.2. The van der Waals surface area contributed by atoms with Crippen molar-refractivity contribution < 1.29 is 19.1 Å². The van der Waals surface area contributed by atoms with Crippen molar-refractivity contribution in [3.8, 4) is 0 Å². The summed E-state index contributed by atoms with van der Waals surface area (Å²) in [6.45, 7) is 3.72. The smallest absolute Gasteiger partial charge is 0.290 e. The standard InChI is InChI=1S/C17H17NO4S/c1-10(2)15(19)13-14(12-6-4-8-23-12)18(17(21)16(13)20)9-11-5-3-7-22-11/h3-8,10,14,20H,9H2,1-2H3. The molecule has 1 atom stereocenters. The number of amides is 1. The number of thiophene rings is 1. The van der Waals surface area contributed by atoms with E-state index in [1.807, 2.05) is 17.5 Å². The average molecular weight is 331 g/mol. The monoisotopic (exact) mass is 331 g/mol. The number of hydrogen-bond donors (Lipinski definition) is 1. The molecule has 120 valence electrons. The minimum absolute atomic E-state index is 0.180. The fourth-order valence-electron chi connectivity index (χ4n) is 2.69. The topological polar surface area (TPSA) is 70.8 Å². The Labute approximate surface area is 137 Å². The molecule has 23 heavy (non-hydrogen) atoms. The maximum absolute atomic E-state index is 12.5. The molecule has 2 aromatic rings. The van der Waals surface area contributed by atoms with E-state index >= 15 is 0 Å². The number of rotatable bonds is 5. The van der Waals surface area contributed by atoms with Crippen molar-refractivity contribution in [3.63, 3.8) is 0 Å². The first-order chi connectivity index (χ1) is 11.0. The van der Waals surface area contributed by atoms with Gasteiger partial charge in [-0.3, -0.25) is 9.59 Å². The van der Waals surface area contributed by atoms with E-state index in [9.17, 15) is 14.7 Å². The summed E-state index contributed by atoms with van der Waals surface area (Å²) < 4.78 is 5.31. The molecular weight excluding hydrogens is 314 g/mol. The molecule has 1 N–H and O–H groups in total. The highest BCUT2D eigenvalue weighted by Gasteiger charge is 2.44. The van der Waals surface area contributed by atoms with Crippen LogP contribution in [0.5, 0.6) is 0 Å². The molecule has 0 radical (unpaired) electrons. The van der Waals surface area contributed by atoms with Gasteiger partial charge in [0.2, 0.25) is 0 Å². The van der Waals surface area contributed by atoms with Crippen molar-refractivity contribution in [2.45, 2.75) is 26.4 Å². The van der Waals surface area contributed by atoms with Crippen LogP contribution < -0.4 is 0 Å². The Bertz CT molecular complexity index is 744. The van der Waals surface area contributed by atoms with Gasteiger partial charge in [-0.2, -0.15) is 0 Å². The van der Waals surface area contributed by atoms with Crippen molar-refractivity contribution >= 4 is 23.0 Å². The second-order valence-corrected chi connectivity index (χ2v) is 6.69. The third-order valence-corrected chi connectivity index (χ3v) is 4.74. The van der Waals surface area contributed by atoms with Crippen LogP contribution in [0.15, 0.2) is 51.7 Å². The van der Waals surface area contributed by atoms with Crippen LogP contribution in [-0.2, 0) is 16.1 Å². The molecule has 2 aromatic heterocycles. The van der Waals surface area contributed by atoms with Crippen LogP contribution in [-0.4, -0.2) is 21.7 Å². The van der Waals surface area contributed by atoms with Crippen LogP contribution in [0.4, 0.5) is 0 Å². The molecule has 0 fully saturated rings. The van der Waals surface area contributed by atoms with Crippen LogP contribution in [0, 0.1) is 5.92 Å². The largest absolute Gasteiger partial charge is 0.503 e. The molecule has 1 unspecified atom stereocenters. The fraction of sp³-hybridized carbons (Fsp3) is 0.294. The van der Waals surface area contributed by atoms with Crippen LogP contribution in [0.3, 0.4) is 0 Å². The lowest BCUT2D eigenvalue weighted by Crippen LogP contribution is -2.30. The molecule has 0 bridgehead atoms. The third-order valence-electron chi connectivity index (χ3n) is 3.81. The molecule has 0 aromatic carbocycles. The zero-order valence-corrected chi connectivity index (χ0v) is 13.7. The first-order valence-corrected chi connectivity index (χ1v) is 8.22. The molecule has 0 saturated heterocycles. The summed E-state index contributed by atoms with van der Waals surface area (Å²) in [5.41, 5.74) is 0.180. The summed E-state index contributed by atoms with van der Waals surface area (Å²) in [6.07, 6.45) is 1.53. The van der Waals surface area contributed by atoms with Gasteiger partial charge in [0.25, 0.3) is 5.91 Å². The SMILES string of the molecule is CC(C)C(=O)C1=C(O)C(=O)N(Cc2ccco2)C1c1cccs1. The number of carbonyl (C=O) groups excluding carboxylic acids is 2. The van der Waals surface area contributed by atoms with E-state index in [0.717, 1.165) is 4.88 Å². The molecule has 1 aliphatic heterocycles. The van der Waals surface area contributed by atoms with Gasteiger partial charge in [-0.1, -0.05) is 19.9 Å². The summed E-state index contributed by atoms with van der Waals surface area (Å²) in [4.78, 5) is 27.4. The van der Waals surface area contributed by atoms with Gasteiger partial charge in [0.15, 0.2) is 11.5 Å². The van der Waals surface area contributed by atoms with Crippen LogP contribution in [0.2, 0.25) is 0 Å². The summed E-state index contributed by atoms with van der Waals surface area (Å²) >= 11 is 1.45. The maximum Gasteiger partial charge on any atom is 0.290 e. The predicted molar refractivity (Wildman–Crippen MR) is 85.8 cm³/mol. The number of nitrogens with zero attached hydrogens (tertiary/aromatic N) is 1. The van der Waals surface area contributed by atoms with Gasteiger partial charge in [0.1, 0.15) is 5.76 Å². The number of aliphatic hydroxyl groups excluding tert-OH is 1. The quantitative estimate of drug-likeness (QED) is 0.911. The number of aliphatic hydroxyl groups is 1. The number of ketones is 1. The minimum atomic E-state index is -0.567. The van der Waals surface area contributed by atoms with Gasteiger partial charge in [-0.25, -0.2) is 0 Å². The molecule has 6 heteroatoms. The zero-order valence-electron chi connectivity index (χ0n) is 12.9. The van der Waals surface area contributed by atoms with E-state index in [-0.39, 0.29) is 23.8 Å². The van der Waals surface area contributed by atoms with Gasteiger partial charge in [0.05, 0.1) is 24.4 Å². The molecule has 0 spiro atoms. The Morgan fingerprint density at radius 2 is 2.17 bits per heavy atom. The first-order valence-electron chi connectivity index (χ1n) is 7.34. The number of hydrogen-bond acceptors (Lipinski definition) is 5. The van der Waals surface area contributed by atoms with Crippen LogP contribution in [0.1, 0.15) is 30.5 Å². The highest BCUT2D eigenvalue weighted by molar-refractivity contribution is 7.10. The minimum Gasteiger partial charge on any atom is -0.503 e. The molecule has 0 aliphatic carbocycles. The van der Waals surface area contributed by atoms with Gasteiger partial charge in [-0.15, -0.1) is 11.3 Å². The Balaban J connectivity index is 2.04.